The average Bonchev–Trinajstić information content (AvgIpc) is 3.92. The molecule has 0 aliphatic carbocycles. The number of hydrogen-bond acceptors (Lipinski definition) is 7. The van der Waals surface area contributed by atoms with Gasteiger partial charge in [0.25, 0.3) is 5.95 Å². The summed E-state index contributed by atoms with van der Waals surface area (Å²) in [6, 6.07) is 57.2. The van der Waals surface area contributed by atoms with E-state index in [9.17, 15) is 0 Å². The van der Waals surface area contributed by atoms with Gasteiger partial charge < -0.3 is 23.2 Å². The molecule has 0 atom stereocenters. The van der Waals surface area contributed by atoms with Gasteiger partial charge in [-0.25, -0.2) is 15.0 Å². The van der Waals surface area contributed by atoms with Gasteiger partial charge in [0.2, 0.25) is 0 Å². The average molecular weight is 1150 g/mol. The number of fused-ring (bicyclic) bond motifs is 9. The predicted octanol–water partition coefficient (Wildman–Crippen LogP) is 10.7. The van der Waals surface area contributed by atoms with E-state index in [0.29, 0.717) is 34.0 Å². The Hall–Kier alpha value is -6.99. The molecule has 0 aliphatic rings. The van der Waals surface area contributed by atoms with Crippen LogP contribution in [0.1, 0.15) is 2.74 Å². The summed E-state index contributed by atoms with van der Waals surface area (Å²) in [5.74, 6) is 3.39. The summed E-state index contributed by atoms with van der Waals surface area (Å²) in [6.07, 6.45) is 2.88. The fraction of sp³-hybridized carbons (Fsp3) is 0. The van der Waals surface area contributed by atoms with Crippen LogP contribution in [0.3, 0.4) is 0 Å². The molecule has 12 rings (SSSR count). The van der Waals surface area contributed by atoms with Crippen LogP contribution < -0.4 is 9.47 Å². The van der Waals surface area contributed by atoms with Crippen LogP contribution in [0.15, 0.2) is 158 Å². The van der Waals surface area contributed by atoms with Crippen molar-refractivity contribution in [2.24, 2.45) is 0 Å². The van der Waals surface area contributed by atoms with E-state index in [1.807, 2.05) is 109 Å². The van der Waals surface area contributed by atoms with E-state index in [1.165, 1.54) is 0 Å². The Kier molecular flexibility index (Phi) is 9.16. The number of rotatable bonds is 7. The SMILES string of the molecule is [2H]c1nnc(-n2c3[c-]c(Oc4[c-]c5c(cc4)c4ccccc4n5-c4ccccn4)ccc3c3ccc(Oc4[c-]c5c(cc4)c4ccccc4n5-c4ccccn4)[c-]c32)nc1[2H].[Pt+2].[Pt+2]. The molecule has 6 heterocycles. The summed E-state index contributed by atoms with van der Waals surface area (Å²) in [5, 5.41) is 14.0. The van der Waals surface area contributed by atoms with Gasteiger partial charge in [0, 0.05) is 46.4 Å². The van der Waals surface area contributed by atoms with Crippen molar-refractivity contribution in [1.82, 2.24) is 38.9 Å². The molecule has 0 bridgehead atoms. The first-order chi connectivity index (χ1) is 30.1. The van der Waals surface area contributed by atoms with Gasteiger partial charge in [0.15, 0.2) is 0 Å². The molecule has 0 N–H and O–H groups in total. The molecule has 0 amide bonds. The molecule has 0 saturated carbocycles. The van der Waals surface area contributed by atoms with E-state index < -0.39 is 0 Å². The van der Waals surface area contributed by atoms with Crippen molar-refractivity contribution in [3.63, 3.8) is 0 Å². The molecular weight excluding hydrogens is 1120 g/mol. The molecule has 61 heavy (non-hydrogen) atoms. The summed E-state index contributed by atoms with van der Waals surface area (Å²) in [6.45, 7) is 0. The zero-order chi connectivity index (χ0) is 40.6. The summed E-state index contributed by atoms with van der Waals surface area (Å²) in [5.41, 5.74) is 4.76. The summed E-state index contributed by atoms with van der Waals surface area (Å²) in [7, 11) is 0. The van der Waals surface area contributed by atoms with Gasteiger partial charge in [0.05, 0.1) is 15.1 Å². The smallest absolute Gasteiger partial charge is 0.509 e. The number of para-hydroxylation sites is 2. The third-order valence-corrected chi connectivity index (χ3v) is 10.4. The van der Waals surface area contributed by atoms with Crippen LogP contribution >= 0.6 is 0 Å². The molecule has 0 spiro atoms. The second-order valence-corrected chi connectivity index (χ2v) is 13.8. The summed E-state index contributed by atoms with van der Waals surface area (Å²) in [4.78, 5) is 13.6. The number of aromatic nitrogens is 8. The van der Waals surface area contributed by atoms with E-state index in [2.05, 4.69) is 82.8 Å². The second-order valence-electron chi connectivity index (χ2n) is 13.8. The van der Waals surface area contributed by atoms with Crippen molar-refractivity contribution in [3.05, 3.63) is 182 Å². The van der Waals surface area contributed by atoms with E-state index in [0.717, 1.165) is 66.0 Å². The van der Waals surface area contributed by atoms with Crippen LogP contribution in [-0.4, -0.2) is 38.9 Å². The van der Waals surface area contributed by atoms with Gasteiger partial charge in [-0.05, 0) is 47.2 Å². The molecule has 0 saturated heterocycles. The van der Waals surface area contributed by atoms with Crippen LogP contribution in [0.5, 0.6) is 23.0 Å². The van der Waals surface area contributed by atoms with Crippen LogP contribution in [0.4, 0.5) is 0 Å². The van der Waals surface area contributed by atoms with E-state index >= 15 is 0 Å². The van der Waals surface area contributed by atoms with Gasteiger partial charge in [-0.1, -0.05) is 70.6 Å². The van der Waals surface area contributed by atoms with E-state index in [-0.39, 0.29) is 60.4 Å². The standard InChI is InChI=1S/C49H26N8O2.2Pt/c1-3-11-41-35(9-1)37-19-15-31(27-43(37)55(41)47-13-5-7-23-50-47)58-33-17-21-39-40-22-18-34(30-46(40)57(45(39)29-33)49-52-25-26-53-54-49)59-32-16-20-38-36-10-2-4-12-42(36)56(44(38)28-32)48-14-6-8-24-51-48;;/h1-26H;;/q-4;2*+2/i25D,26D;;. The van der Waals surface area contributed by atoms with Crippen molar-refractivity contribution in [1.29, 1.82) is 0 Å². The van der Waals surface area contributed by atoms with Crippen LogP contribution in [0.2, 0.25) is 0 Å². The molecule has 0 fully saturated rings. The van der Waals surface area contributed by atoms with Gasteiger partial charge in [-0.3, -0.25) is 0 Å². The van der Waals surface area contributed by atoms with Crippen LogP contribution in [0, 0.1) is 24.3 Å². The molecule has 12 heteroatoms. The topological polar surface area (TPSA) is 97.7 Å². The number of nitrogens with zero attached hydrogens (tertiary/aromatic N) is 8. The monoisotopic (exact) mass is 1150 g/mol. The van der Waals surface area contributed by atoms with E-state index in [1.54, 1.807) is 17.0 Å². The van der Waals surface area contributed by atoms with Gasteiger partial charge in [-0.2, -0.15) is 40.1 Å². The molecule has 0 radical (unpaired) electrons. The van der Waals surface area contributed by atoms with Crippen molar-refractivity contribution in [3.8, 4) is 40.6 Å². The second kappa shape index (κ2) is 15.6. The number of ether oxygens (including phenoxy) is 2. The Morgan fingerprint density at radius 3 is 1.25 bits per heavy atom. The van der Waals surface area contributed by atoms with Gasteiger partial charge in [-0.15, -0.1) is 64.4 Å². The zero-order valence-corrected chi connectivity index (χ0v) is 35.9. The van der Waals surface area contributed by atoms with E-state index in [4.69, 9.17) is 12.2 Å². The largest absolute Gasteiger partial charge is 2.00 e. The number of benzene rings is 6. The first-order valence-electron chi connectivity index (χ1n) is 19.8. The number of pyridine rings is 2. The Morgan fingerprint density at radius 2 is 0.820 bits per heavy atom. The molecule has 6 aromatic heterocycles. The minimum Gasteiger partial charge on any atom is -0.509 e. The first kappa shape index (κ1) is 35.9. The predicted molar refractivity (Wildman–Crippen MR) is 227 cm³/mol. The van der Waals surface area contributed by atoms with Crippen LogP contribution in [0.25, 0.3) is 83.0 Å². The fourth-order valence-corrected chi connectivity index (χ4v) is 7.98. The quantitative estimate of drug-likeness (QED) is 0.147. The summed E-state index contributed by atoms with van der Waals surface area (Å²) >= 11 is 0. The Bertz CT molecular complexity index is 3490. The molecule has 0 unspecified atom stereocenters. The van der Waals surface area contributed by atoms with Crippen molar-refractivity contribution in [2.45, 2.75) is 0 Å². The molecule has 6 aromatic carbocycles. The molecule has 12 aromatic rings. The maximum Gasteiger partial charge on any atom is 2.00 e. The van der Waals surface area contributed by atoms with Crippen LogP contribution in [-0.2, 0) is 42.1 Å². The van der Waals surface area contributed by atoms with Gasteiger partial charge >= 0.3 is 42.1 Å². The minimum absolute atomic E-state index is 0. The third-order valence-electron chi connectivity index (χ3n) is 10.4. The normalized spacial score (nSPS) is 11.8. The maximum absolute atomic E-state index is 8.33. The first-order valence-corrected chi connectivity index (χ1v) is 18.8. The molecule has 294 valence electrons. The van der Waals surface area contributed by atoms with Crippen molar-refractivity contribution in [2.75, 3.05) is 0 Å². The minimum atomic E-state index is -0.339. The summed E-state index contributed by atoms with van der Waals surface area (Å²) < 4.78 is 35.2. The number of hydrogen-bond donors (Lipinski definition) is 0. The van der Waals surface area contributed by atoms with Crippen molar-refractivity contribution >= 4 is 65.4 Å². The third kappa shape index (κ3) is 6.38. The molecule has 0 aliphatic heterocycles. The Labute approximate surface area is 379 Å². The van der Waals surface area contributed by atoms with Crippen molar-refractivity contribution < 1.29 is 54.3 Å². The fourth-order valence-electron chi connectivity index (χ4n) is 7.98. The molecular formula is C49H26N8O2Pt2. The zero-order valence-electron chi connectivity index (χ0n) is 33.4. The van der Waals surface area contributed by atoms with Gasteiger partial charge in [0.1, 0.15) is 11.6 Å². The Balaban J connectivity index is 0.00000236. The maximum atomic E-state index is 8.33. The Morgan fingerprint density at radius 1 is 0.410 bits per heavy atom. The molecule has 10 nitrogen and oxygen atoms in total.